The molecule has 0 radical (unpaired) electrons. The molecule has 2 heterocycles. The SMILES string of the molecule is CNC(=O)C1CNCCN1C(=O)N1CCCCCC1. The van der Waals surface area contributed by atoms with E-state index in [-0.39, 0.29) is 18.0 Å². The van der Waals surface area contributed by atoms with Gasteiger partial charge in [-0.3, -0.25) is 4.79 Å². The quantitative estimate of drug-likeness (QED) is 0.704. The third-order valence-electron chi connectivity index (χ3n) is 3.91. The summed E-state index contributed by atoms with van der Waals surface area (Å²) < 4.78 is 0. The van der Waals surface area contributed by atoms with Crippen LogP contribution in [0, 0.1) is 0 Å². The fraction of sp³-hybridized carbons (Fsp3) is 0.846. The Morgan fingerprint density at radius 2 is 1.79 bits per heavy atom. The van der Waals surface area contributed by atoms with E-state index in [1.165, 1.54) is 12.8 Å². The molecule has 19 heavy (non-hydrogen) atoms. The molecule has 3 amide bonds. The monoisotopic (exact) mass is 268 g/mol. The zero-order valence-corrected chi connectivity index (χ0v) is 11.7. The Morgan fingerprint density at radius 3 is 2.42 bits per heavy atom. The summed E-state index contributed by atoms with van der Waals surface area (Å²) in [5.41, 5.74) is 0. The van der Waals surface area contributed by atoms with Crippen LogP contribution in [0.25, 0.3) is 0 Å². The number of carbonyl (C=O) groups is 2. The zero-order valence-electron chi connectivity index (χ0n) is 11.7. The molecule has 0 aromatic heterocycles. The molecule has 1 atom stereocenters. The van der Waals surface area contributed by atoms with Crippen molar-refractivity contribution in [3.05, 3.63) is 0 Å². The smallest absolute Gasteiger partial charge is 0.320 e. The van der Waals surface area contributed by atoms with Crippen LogP contribution in [0.3, 0.4) is 0 Å². The lowest BCUT2D eigenvalue weighted by Gasteiger charge is -2.38. The van der Waals surface area contributed by atoms with Crippen molar-refractivity contribution in [1.29, 1.82) is 0 Å². The topological polar surface area (TPSA) is 64.7 Å². The molecule has 0 saturated carbocycles. The molecule has 0 bridgehead atoms. The van der Waals surface area contributed by atoms with Gasteiger partial charge in [-0.2, -0.15) is 0 Å². The van der Waals surface area contributed by atoms with Gasteiger partial charge in [0.15, 0.2) is 0 Å². The fourth-order valence-electron chi connectivity index (χ4n) is 2.78. The maximum absolute atomic E-state index is 12.6. The van der Waals surface area contributed by atoms with Crippen LogP contribution >= 0.6 is 0 Å². The number of rotatable bonds is 1. The van der Waals surface area contributed by atoms with Gasteiger partial charge in [0.25, 0.3) is 0 Å². The van der Waals surface area contributed by atoms with Crippen LogP contribution in [0.2, 0.25) is 0 Å². The minimum atomic E-state index is -0.380. The summed E-state index contributed by atoms with van der Waals surface area (Å²) in [7, 11) is 1.62. The Labute approximate surface area is 114 Å². The van der Waals surface area contributed by atoms with Crippen LogP contribution in [-0.4, -0.2) is 67.6 Å². The molecule has 0 aromatic carbocycles. The van der Waals surface area contributed by atoms with Gasteiger partial charge in [0.2, 0.25) is 5.91 Å². The second-order valence-corrected chi connectivity index (χ2v) is 5.21. The summed E-state index contributed by atoms with van der Waals surface area (Å²) in [5, 5.41) is 5.82. The van der Waals surface area contributed by atoms with Gasteiger partial charge in [0.1, 0.15) is 6.04 Å². The number of amides is 3. The molecular formula is C13H24N4O2. The Hall–Kier alpha value is -1.30. The van der Waals surface area contributed by atoms with Crippen LogP contribution in [0.15, 0.2) is 0 Å². The highest BCUT2D eigenvalue weighted by Crippen LogP contribution is 2.14. The number of carbonyl (C=O) groups excluding carboxylic acids is 2. The molecule has 2 aliphatic heterocycles. The standard InChI is InChI=1S/C13H24N4O2/c1-14-12(18)11-10-15-6-9-17(11)13(19)16-7-4-2-3-5-8-16/h11,15H,2-10H2,1H3,(H,14,18). The minimum absolute atomic E-state index is 0.0250. The molecule has 2 N–H and O–H groups in total. The van der Waals surface area contributed by atoms with E-state index < -0.39 is 0 Å². The van der Waals surface area contributed by atoms with E-state index in [4.69, 9.17) is 0 Å². The number of nitrogens with zero attached hydrogens (tertiary/aromatic N) is 2. The summed E-state index contributed by atoms with van der Waals surface area (Å²) in [6.07, 6.45) is 4.54. The first-order chi connectivity index (χ1) is 9.24. The maximum atomic E-state index is 12.6. The summed E-state index contributed by atoms with van der Waals surface area (Å²) in [4.78, 5) is 28.1. The van der Waals surface area contributed by atoms with E-state index in [1.54, 1.807) is 11.9 Å². The van der Waals surface area contributed by atoms with Crippen molar-refractivity contribution in [3.63, 3.8) is 0 Å². The average molecular weight is 268 g/mol. The maximum Gasteiger partial charge on any atom is 0.320 e. The van der Waals surface area contributed by atoms with E-state index in [1.807, 2.05) is 4.90 Å². The lowest BCUT2D eigenvalue weighted by Crippen LogP contribution is -2.61. The highest BCUT2D eigenvalue weighted by atomic mass is 16.2. The largest absolute Gasteiger partial charge is 0.357 e. The molecule has 108 valence electrons. The summed E-state index contributed by atoms with van der Waals surface area (Å²) in [6, 6.07) is -0.355. The third kappa shape index (κ3) is 3.37. The lowest BCUT2D eigenvalue weighted by molar-refractivity contribution is -0.125. The molecule has 2 saturated heterocycles. The minimum Gasteiger partial charge on any atom is -0.357 e. The number of nitrogens with one attached hydrogen (secondary N) is 2. The highest BCUT2D eigenvalue weighted by molar-refractivity contribution is 5.87. The van der Waals surface area contributed by atoms with Crippen molar-refractivity contribution in [2.45, 2.75) is 31.7 Å². The van der Waals surface area contributed by atoms with E-state index in [9.17, 15) is 9.59 Å². The lowest BCUT2D eigenvalue weighted by atomic mass is 10.2. The van der Waals surface area contributed by atoms with E-state index in [0.717, 1.165) is 32.5 Å². The first kappa shape index (κ1) is 14.1. The van der Waals surface area contributed by atoms with E-state index in [2.05, 4.69) is 10.6 Å². The van der Waals surface area contributed by atoms with Crippen molar-refractivity contribution in [2.75, 3.05) is 39.8 Å². The Bertz CT molecular complexity index is 327. The first-order valence-electron chi connectivity index (χ1n) is 7.22. The Balaban J connectivity index is 2.03. The number of piperazine rings is 1. The summed E-state index contributed by atoms with van der Waals surface area (Å²) in [5.74, 6) is -0.0876. The normalized spacial score (nSPS) is 24.8. The predicted molar refractivity (Wildman–Crippen MR) is 72.9 cm³/mol. The molecule has 0 aliphatic carbocycles. The van der Waals surface area contributed by atoms with Gasteiger partial charge in [-0.05, 0) is 12.8 Å². The van der Waals surface area contributed by atoms with E-state index >= 15 is 0 Å². The zero-order chi connectivity index (χ0) is 13.7. The van der Waals surface area contributed by atoms with Crippen molar-refractivity contribution in [1.82, 2.24) is 20.4 Å². The van der Waals surface area contributed by atoms with Crippen LogP contribution < -0.4 is 10.6 Å². The van der Waals surface area contributed by atoms with Crippen molar-refractivity contribution in [3.8, 4) is 0 Å². The van der Waals surface area contributed by atoms with Crippen LogP contribution in [0.5, 0.6) is 0 Å². The van der Waals surface area contributed by atoms with Crippen LogP contribution in [0.1, 0.15) is 25.7 Å². The molecular weight excluding hydrogens is 244 g/mol. The molecule has 0 spiro atoms. The van der Waals surface area contributed by atoms with Crippen LogP contribution in [0.4, 0.5) is 4.79 Å². The number of likely N-dealkylation sites (N-methyl/N-ethyl adjacent to an activating group) is 1. The van der Waals surface area contributed by atoms with Crippen molar-refractivity contribution >= 4 is 11.9 Å². The van der Waals surface area contributed by atoms with Gasteiger partial charge in [0.05, 0.1) is 0 Å². The Kier molecular flexibility index (Phi) is 5.01. The predicted octanol–water partition coefficient (Wildman–Crippen LogP) is 0.00220. The molecule has 2 fully saturated rings. The molecule has 2 aliphatic rings. The molecule has 6 nitrogen and oxygen atoms in total. The van der Waals surface area contributed by atoms with Gasteiger partial charge in [-0.1, -0.05) is 12.8 Å². The number of hydrogen-bond acceptors (Lipinski definition) is 3. The summed E-state index contributed by atoms with van der Waals surface area (Å²) >= 11 is 0. The number of hydrogen-bond donors (Lipinski definition) is 2. The second kappa shape index (κ2) is 6.75. The molecule has 2 rings (SSSR count). The highest BCUT2D eigenvalue weighted by Gasteiger charge is 2.33. The van der Waals surface area contributed by atoms with Crippen LogP contribution in [-0.2, 0) is 4.79 Å². The first-order valence-corrected chi connectivity index (χ1v) is 7.22. The van der Waals surface area contributed by atoms with Gasteiger partial charge < -0.3 is 20.4 Å². The Morgan fingerprint density at radius 1 is 1.11 bits per heavy atom. The fourth-order valence-corrected chi connectivity index (χ4v) is 2.78. The number of urea groups is 1. The number of likely N-dealkylation sites (tertiary alicyclic amines) is 1. The second-order valence-electron chi connectivity index (χ2n) is 5.21. The molecule has 6 heteroatoms. The van der Waals surface area contributed by atoms with Crippen molar-refractivity contribution in [2.24, 2.45) is 0 Å². The molecule has 0 aromatic rings. The average Bonchev–Trinajstić information content (AvgIpc) is 2.74. The molecule has 1 unspecified atom stereocenters. The van der Waals surface area contributed by atoms with Gasteiger partial charge in [-0.25, -0.2) is 4.79 Å². The third-order valence-corrected chi connectivity index (χ3v) is 3.91. The van der Waals surface area contributed by atoms with Gasteiger partial charge in [-0.15, -0.1) is 0 Å². The summed E-state index contributed by atoms with van der Waals surface area (Å²) in [6.45, 7) is 3.55. The van der Waals surface area contributed by atoms with E-state index in [0.29, 0.717) is 13.1 Å². The van der Waals surface area contributed by atoms with Crippen molar-refractivity contribution < 1.29 is 9.59 Å². The van der Waals surface area contributed by atoms with Gasteiger partial charge in [0, 0.05) is 39.8 Å². The van der Waals surface area contributed by atoms with Gasteiger partial charge >= 0.3 is 6.03 Å².